The zero-order valence-electron chi connectivity index (χ0n) is 33.4. The highest BCUT2D eigenvalue weighted by molar-refractivity contribution is 5.95. The van der Waals surface area contributed by atoms with Gasteiger partial charge in [0, 0.05) is 16.7 Å². The first-order valence-electron chi connectivity index (χ1n) is 20.8. The van der Waals surface area contributed by atoms with E-state index in [1.54, 1.807) is 0 Å². The number of benzene rings is 9. The Hall–Kier alpha value is -8.01. The second kappa shape index (κ2) is 15.3. The van der Waals surface area contributed by atoms with Crippen LogP contribution >= 0.6 is 0 Å². The van der Waals surface area contributed by atoms with Crippen LogP contribution in [0.1, 0.15) is 22.3 Å². The summed E-state index contributed by atoms with van der Waals surface area (Å²) in [5, 5.41) is 0. The smallest absolute Gasteiger partial charge is 0.164 e. The number of fused-ring (bicyclic) bond motifs is 3. The maximum Gasteiger partial charge on any atom is 0.164 e. The molecule has 11 rings (SSSR count). The summed E-state index contributed by atoms with van der Waals surface area (Å²) in [5.41, 5.74) is 16.7. The molecule has 0 aliphatic heterocycles. The van der Waals surface area contributed by atoms with Crippen LogP contribution in [0.2, 0.25) is 0 Å². The van der Waals surface area contributed by atoms with Crippen molar-refractivity contribution >= 4 is 0 Å². The van der Waals surface area contributed by atoms with Crippen molar-refractivity contribution in [2.75, 3.05) is 0 Å². The van der Waals surface area contributed by atoms with Gasteiger partial charge in [-0.05, 0) is 85.0 Å². The molecule has 1 aliphatic carbocycles. The summed E-state index contributed by atoms with van der Waals surface area (Å²) in [6.45, 7) is 0. The van der Waals surface area contributed by atoms with Crippen LogP contribution in [0, 0.1) is 0 Å². The van der Waals surface area contributed by atoms with Gasteiger partial charge in [-0.2, -0.15) is 0 Å². The van der Waals surface area contributed by atoms with E-state index in [1.165, 1.54) is 44.5 Å². The molecular weight excluding hydrogens is 739 g/mol. The van der Waals surface area contributed by atoms with Gasteiger partial charge in [-0.1, -0.05) is 218 Å². The van der Waals surface area contributed by atoms with E-state index in [1.807, 2.05) is 60.7 Å². The van der Waals surface area contributed by atoms with Crippen molar-refractivity contribution in [3.05, 3.63) is 259 Å². The van der Waals surface area contributed by atoms with Crippen LogP contribution in [0.15, 0.2) is 237 Å². The average Bonchev–Trinajstić information content (AvgIpc) is 3.65. The molecule has 1 heterocycles. The van der Waals surface area contributed by atoms with Crippen LogP contribution in [0.4, 0.5) is 0 Å². The van der Waals surface area contributed by atoms with Crippen LogP contribution in [0.5, 0.6) is 0 Å². The molecule has 0 spiro atoms. The number of hydrogen-bond donors (Lipinski definition) is 0. The SMILES string of the molecule is c1ccc(-c2ccc(-c3cc4c(cc3-c3cccc(-c5nc(-c6ccccc6)nc(-c6ccccc6)n5)c3)-c3ccccc3C4(c3ccccc3)c3ccccc3)cc2)cc1. The summed E-state index contributed by atoms with van der Waals surface area (Å²) in [5.74, 6) is 1.91. The molecule has 0 saturated carbocycles. The Morgan fingerprint density at radius 1 is 0.230 bits per heavy atom. The van der Waals surface area contributed by atoms with E-state index >= 15 is 0 Å². The van der Waals surface area contributed by atoms with Gasteiger partial charge < -0.3 is 0 Å². The number of nitrogens with zero attached hydrogens (tertiary/aromatic N) is 3. The third-order valence-corrected chi connectivity index (χ3v) is 12.0. The van der Waals surface area contributed by atoms with Gasteiger partial charge in [0.2, 0.25) is 0 Å². The molecule has 1 aromatic heterocycles. The molecule has 286 valence electrons. The minimum Gasteiger partial charge on any atom is -0.208 e. The Morgan fingerprint density at radius 3 is 1.21 bits per heavy atom. The lowest BCUT2D eigenvalue weighted by atomic mass is 9.67. The molecule has 0 radical (unpaired) electrons. The Labute approximate surface area is 356 Å². The fourth-order valence-electron chi connectivity index (χ4n) is 9.20. The van der Waals surface area contributed by atoms with E-state index in [4.69, 9.17) is 15.0 Å². The monoisotopic (exact) mass is 777 g/mol. The van der Waals surface area contributed by atoms with Crippen LogP contribution in [-0.4, -0.2) is 15.0 Å². The zero-order valence-corrected chi connectivity index (χ0v) is 33.4. The highest BCUT2D eigenvalue weighted by atomic mass is 15.0. The normalized spacial score (nSPS) is 12.4. The van der Waals surface area contributed by atoms with E-state index < -0.39 is 5.41 Å². The predicted octanol–water partition coefficient (Wildman–Crippen LogP) is 14.2. The highest BCUT2D eigenvalue weighted by Crippen LogP contribution is 2.58. The topological polar surface area (TPSA) is 38.7 Å². The lowest BCUT2D eigenvalue weighted by molar-refractivity contribution is 0.769. The van der Waals surface area contributed by atoms with Crippen molar-refractivity contribution in [2.45, 2.75) is 5.41 Å². The van der Waals surface area contributed by atoms with Crippen molar-refractivity contribution in [1.82, 2.24) is 15.0 Å². The molecular formula is C58H39N3. The Bertz CT molecular complexity index is 3050. The lowest BCUT2D eigenvalue weighted by Gasteiger charge is -2.34. The molecule has 0 bridgehead atoms. The largest absolute Gasteiger partial charge is 0.208 e. The molecule has 0 N–H and O–H groups in total. The molecule has 0 atom stereocenters. The number of rotatable bonds is 8. The zero-order chi connectivity index (χ0) is 40.6. The number of hydrogen-bond acceptors (Lipinski definition) is 3. The summed E-state index contributed by atoms with van der Waals surface area (Å²) in [6.07, 6.45) is 0. The van der Waals surface area contributed by atoms with E-state index in [0.29, 0.717) is 17.5 Å². The molecule has 0 fully saturated rings. The molecule has 9 aromatic carbocycles. The maximum atomic E-state index is 5.10. The van der Waals surface area contributed by atoms with Gasteiger partial charge in [-0.25, -0.2) is 15.0 Å². The average molecular weight is 778 g/mol. The van der Waals surface area contributed by atoms with E-state index in [-0.39, 0.29) is 0 Å². The summed E-state index contributed by atoms with van der Waals surface area (Å²) in [7, 11) is 0. The minimum absolute atomic E-state index is 0.528. The first-order chi connectivity index (χ1) is 30.2. The lowest BCUT2D eigenvalue weighted by Crippen LogP contribution is -2.28. The first-order valence-corrected chi connectivity index (χ1v) is 20.8. The van der Waals surface area contributed by atoms with Gasteiger partial charge in [-0.3, -0.25) is 0 Å². The standard InChI is InChI=1S/C58H39N3/c1-6-19-40(20-7-1)41-33-35-42(36-34-41)51-39-54-52(49-31-16-17-32-53(49)58(54,47-27-12-4-13-28-47)48-29-14-5-15-30-48)38-50(51)45-25-18-26-46(37-45)57-60-55(43-21-8-2-9-22-43)59-56(61-57)44-23-10-3-11-24-44/h1-39H. The van der Waals surface area contributed by atoms with Gasteiger partial charge in [-0.15, -0.1) is 0 Å². The summed E-state index contributed by atoms with van der Waals surface area (Å²) in [4.78, 5) is 15.2. The molecule has 0 amide bonds. The molecule has 61 heavy (non-hydrogen) atoms. The predicted molar refractivity (Wildman–Crippen MR) is 250 cm³/mol. The van der Waals surface area contributed by atoms with Crippen molar-refractivity contribution in [3.8, 4) is 78.7 Å². The third kappa shape index (κ3) is 6.35. The van der Waals surface area contributed by atoms with E-state index in [0.717, 1.165) is 38.9 Å². The molecule has 3 nitrogen and oxygen atoms in total. The van der Waals surface area contributed by atoms with Crippen LogP contribution in [-0.2, 0) is 5.41 Å². The quantitative estimate of drug-likeness (QED) is 0.154. The van der Waals surface area contributed by atoms with Gasteiger partial charge in [0.1, 0.15) is 0 Å². The highest BCUT2D eigenvalue weighted by Gasteiger charge is 2.46. The van der Waals surface area contributed by atoms with Gasteiger partial charge in [0.15, 0.2) is 17.5 Å². The molecule has 1 aliphatic rings. The maximum absolute atomic E-state index is 5.10. The Balaban J connectivity index is 1.15. The summed E-state index contributed by atoms with van der Waals surface area (Å²) in [6, 6.07) is 84.5. The molecule has 10 aromatic rings. The Morgan fingerprint density at radius 2 is 0.639 bits per heavy atom. The van der Waals surface area contributed by atoms with Gasteiger partial charge in [0.25, 0.3) is 0 Å². The van der Waals surface area contributed by atoms with Crippen LogP contribution in [0.3, 0.4) is 0 Å². The number of aromatic nitrogens is 3. The minimum atomic E-state index is -0.528. The van der Waals surface area contributed by atoms with Crippen molar-refractivity contribution in [3.63, 3.8) is 0 Å². The second-order valence-corrected chi connectivity index (χ2v) is 15.5. The van der Waals surface area contributed by atoms with Gasteiger partial charge >= 0.3 is 0 Å². The van der Waals surface area contributed by atoms with Crippen LogP contribution in [0.25, 0.3) is 78.7 Å². The van der Waals surface area contributed by atoms with E-state index in [9.17, 15) is 0 Å². The first kappa shape index (κ1) is 36.1. The van der Waals surface area contributed by atoms with Gasteiger partial charge in [0.05, 0.1) is 5.41 Å². The van der Waals surface area contributed by atoms with E-state index in [2.05, 4.69) is 176 Å². The fraction of sp³-hybridized carbons (Fsp3) is 0.0172. The van der Waals surface area contributed by atoms with Crippen molar-refractivity contribution in [2.24, 2.45) is 0 Å². The van der Waals surface area contributed by atoms with Crippen molar-refractivity contribution in [1.29, 1.82) is 0 Å². The van der Waals surface area contributed by atoms with Crippen LogP contribution < -0.4 is 0 Å². The molecule has 0 unspecified atom stereocenters. The molecule has 3 heteroatoms. The van der Waals surface area contributed by atoms with Crippen molar-refractivity contribution < 1.29 is 0 Å². The summed E-state index contributed by atoms with van der Waals surface area (Å²) < 4.78 is 0. The Kier molecular flexibility index (Phi) is 9.05. The fourth-order valence-corrected chi connectivity index (χ4v) is 9.20. The second-order valence-electron chi connectivity index (χ2n) is 15.5. The third-order valence-electron chi connectivity index (χ3n) is 12.0. The summed E-state index contributed by atoms with van der Waals surface area (Å²) >= 11 is 0. The molecule has 0 saturated heterocycles.